The van der Waals surface area contributed by atoms with Crippen molar-refractivity contribution in [2.75, 3.05) is 6.54 Å². The third kappa shape index (κ3) is 2.58. The van der Waals surface area contributed by atoms with Gasteiger partial charge in [-0.2, -0.15) is 0 Å². The highest BCUT2D eigenvalue weighted by atomic mass is 35.5. The Morgan fingerprint density at radius 3 is 2.75 bits per heavy atom. The number of hydrogen-bond acceptors (Lipinski definition) is 2. The van der Waals surface area contributed by atoms with E-state index in [1.807, 2.05) is 23.7 Å². The predicted octanol–water partition coefficient (Wildman–Crippen LogP) is 3.55. The number of benzene rings is 1. The smallest absolute Gasteiger partial charge is 0.128 e. The number of nitrogens with zero attached hydrogens (tertiary/aromatic N) is 3. The number of rotatable bonds is 3. The van der Waals surface area contributed by atoms with Crippen LogP contribution in [0.5, 0.6) is 0 Å². The van der Waals surface area contributed by atoms with Crippen LogP contribution in [-0.2, 0) is 13.6 Å². The first-order chi connectivity index (χ1) is 9.65. The number of aromatic nitrogens is 2. The molecule has 3 rings (SSSR count). The quantitative estimate of drug-likeness (QED) is 0.863. The lowest BCUT2D eigenvalue weighted by molar-refractivity contribution is 0.240. The minimum Gasteiger partial charge on any atom is -0.321 e. The first-order valence-electron chi connectivity index (χ1n) is 6.81. The van der Waals surface area contributed by atoms with Crippen molar-refractivity contribution in [3.8, 4) is 0 Å². The van der Waals surface area contributed by atoms with Gasteiger partial charge in [0.1, 0.15) is 16.8 Å². The van der Waals surface area contributed by atoms with Gasteiger partial charge in [-0.05, 0) is 37.1 Å². The number of imidazole rings is 1. The van der Waals surface area contributed by atoms with E-state index in [9.17, 15) is 4.39 Å². The van der Waals surface area contributed by atoms with Gasteiger partial charge in [-0.3, -0.25) is 4.90 Å². The van der Waals surface area contributed by atoms with Crippen molar-refractivity contribution in [3.63, 3.8) is 0 Å². The molecule has 1 saturated heterocycles. The maximum Gasteiger partial charge on any atom is 0.128 e. The summed E-state index contributed by atoms with van der Waals surface area (Å²) in [7, 11) is 1.92. The molecule has 0 bridgehead atoms. The summed E-state index contributed by atoms with van der Waals surface area (Å²) in [6.07, 6.45) is 3.93. The first kappa shape index (κ1) is 13.6. The molecule has 1 unspecified atom stereocenters. The molecule has 0 spiro atoms. The molecule has 1 aliphatic heterocycles. The van der Waals surface area contributed by atoms with Crippen molar-refractivity contribution < 1.29 is 4.39 Å². The molecule has 1 fully saturated rings. The van der Waals surface area contributed by atoms with Crippen LogP contribution >= 0.6 is 11.6 Å². The normalized spacial score (nSPS) is 19.6. The van der Waals surface area contributed by atoms with Gasteiger partial charge in [-0.1, -0.05) is 23.7 Å². The Balaban J connectivity index is 1.79. The van der Waals surface area contributed by atoms with E-state index in [2.05, 4.69) is 9.88 Å². The summed E-state index contributed by atoms with van der Waals surface area (Å²) in [6, 6.07) is 7.16. The lowest BCUT2D eigenvalue weighted by atomic mass is 10.0. The zero-order chi connectivity index (χ0) is 14.1. The molecule has 0 amide bonds. The summed E-state index contributed by atoms with van der Waals surface area (Å²) >= 11 is 6.03. The van der Waals surface area contributed by atoms with Gasteiger partial charge in [0.15, 0.2) is 0 Å². The van der Waals surface area contributed by atoms with E-state index in [0.717, 1.165) is 31.8 Å². The van der Waals surface area contributed by atoms with Crippen LogP contribution < -0.4 is 0 Å². The zero-order valence-electron chi connectivity index (χ0n) is 11.4. The lowest BCUT2D eigenvalue weighted by Gasteiger charge is -2.24. The second kappa shape index (κ2) is 5.54. The van der Waals surface area contributed by atoms with E-state index in [0.29, 0.717) is 11.2 Å². The standard InChI is InChI=1S/C15H17ClFN3/c1-19-14(16)9-18-15(19)10-20-8-2-3-13(20)11-4-6-12(17)7-5-11/h4-7,9,13H,2-3,8,10H2,1H3. The van der Waals surface area contributed by atoms with Gasteiger partial charge in [0.2, 0.25) is 0 Å². The Bertz CT molecular complexity index is 594. The highest BCUT2D eigenvalue weighted by molar-refractivity contribution is 6.29. The first-order valence-corrected chi connectivity index (χ1v) is 7.18. The summed E-state index contributed by atoms with van der Waals surface area (Å²) in [5, 5.41) is 0.650. The average Bonchev–Trinajstić information content (AvgIpc) is 3.02. The molecule has 1 aliphatic rings. The van der Waals surface area contributed by atoms with E-state index in [4.69, 9.17) is 11.6 Å². The van der Waals surface area contributed by atoms with Crippen LogP contribution in [0.1, 0.15) is 30.3 Å². The molecule has 1 atom stereocenters. The van der Waals surface area contributed by atoms with Gasteiger partial charge in [-0.15, -0.1) is 0 Å². The summed E-state index contributed by atoms with van der Waals surface area (Å²) in [4.78, 5) is 6.73. The molecule has 3 nitrogen and oxygen atoms in total. The molecule has 2 heterocycles. The molecule has 0 radical (unpaired) electrons. The monoisotopic (exact) mass is 293 g/mol. The fourth-order valence-corrected chi connectivity index (χ4v) is 2.98. The summed E-state index contributed by atoms with van der Waals surface area (Å²) in [6.45, 7) is 1.80. The van der Waals surface area contributed by atoms with Gasteiger partial charge in [0.25, 0.3) is 0 Å². The van der Waals surface area contributed by atoms with Crippen molar-refractivity contribution >= 4 is 11.6 Å². The zero-order valence-corrected chi connectivity index (χ0v) is 12.1. The minimum absolute atomic E-state index is 0.186. The van der Waals surface area contributed by atoms with E-state index in [-0.39, 0.29) is 5.82 Å². The number of hydrogen-bond donors (Lipinski definition) is 0. The largest absolute Gasteiger partial charge is 0.321 e. The summed E-state index contributed by atoms with van der Waals surface area (Å²) in [5.41, 5.74) is 1.17. The molecule has 0 saturated carbocycles. The Morgan fingerprint density at radius 1 is 1.35 bits per heavy atom. The van der Waals surface area contributed by atoms with E-state index < -0.39 is 0 Å². The van der Waals surface area contributed by atoms with E-state index in [1.165, 1.54) is 17.7 Å². The van der Waals surface area contributed by atoms with Crippen LogP contribution in [0.25, 0.3) is 0 Å². The van der Waals surface area contributed by atoms with Crippen molar-refractivity contribution in [1.29, 1.82) is 0 Å². The van der Waals surface area contributed by atoms with Gasteiger partial charge in [0, 0.05) is 13.1 Å². The van der Waals surface area contributed by atoms with Gasteiger partial charge in [-0.25, -0.2) is 9.37 Å². The lowest BCUT2D eigenvalue weighted by Crippen LogP contribution is -2.24. The van der Waals surface area contributed by atoms with Crippen molar-refractivity contribution in [3.05, 3.63) is 52.8 Å². The summed E-state index contributed by atoms with van der Waals surface area (Å²) in [5.74, 6) is 0.776. The Kier molecular flexibility index (Phi) is 3.76. The molecule has 0 N–H and O–H groups in total. The Hall–Kier alpha value is -1.39. The highest BCUT2D eigenvalue weighted by Crippen LogP contribution is 2.33. The molecule has 1 aromatic heterocycles. The Labute approximate surface area is 123 Å². The predicted molar refractivity (Wildman–Crippen MR) is 77.0 cm³/mol. The molecule has 1 aromatic carbocycles. The third-order valence-corrected chi connectivity index (χ3v) is 4.34. The molecular weight excluding hydrogens is 277 g/mol. The fraction of sp³-hybridized carbons (Fsp3) is 0.400. The van der Waals surface area contributed by atoms with Crippen LogP contribution in [0.15, 0.2) is 30.5 Å². The van der Waals surface area contributed by atoms with Crippen LogP contribution in [-0.4, -0.2) is 21.0 Å². The third-order valence-electron chi connectivity index (χ3n) is 3.99. The molecule has 5 heteroatoms. The topological polar surface area (TPSA) is 21.1 Å². The molecule has 20 heavy (non-hydrogen) atoms. The number of halogens is 2. The number of likely N-dealkylation sites (tertiary alicyclic amines) is 1. The second-order valence-electron chi connectivity index (χ2n) is 5.24. The van der Waals surface area contributed by atoms with Crippen molar-refractivity contribution in [2.45, 2.75) is 25.4 Å². The molecule has 2 aromatic rings. The Morgan fingerprint density at radius 2 is 2.10 bits per heavy atom. The second-order valence-corrected chi connectivity index (χ2v) is 5.62. The molecular formula is C15H17ClFN3. The minimum atomic E-state index is -0.186. The van der Waals surface area contributed by atoms with Gasteiger partial charge in [0.05, 0.1) is 12.7 Å². The van der Waals surface area contributed by atoms with Crippen molar-refractivity contribution in [2.24, 2.45) is 7.05 Å². The van der Waals surface area contributed by atoms with Gasteiger partial charge >= 0.3 is 0 Å². The molecule has 0 aliphatic carbocycles. The van der Waals surface area contributed by atoms with Crippen LogP contribution in [0, 0.1) is 5.82 Å². The fourth-order valence-electron chi connectivity index (χ4n) is 2.83. The van der Waals surface area contributed by atoms with E-state index >= 15 is 0 Å². The van der Waals surface area contributed by atoms with Gasteiger partial charge < -0.3 is 4.57 Å². The summed E-state index contributed by atoms with van der Waals surface area (Å²) < 4.78 is 14.9. The van der Waals surface area contributed by atoms with Crippen LogP contribution in [0.3, 0.4) is 0 Å². The SMILES string of the molecule is Cn1c(Cl)cnc1CN1CCCC1c1ccc(F)cc1. The highest BCUT2D eigenvalue weighted by Gasteiger charge is 2.27. The van der Waals surface area contributed by atoms with Crippen LogP contribution in [0.2, 0.25) is 5.15 Å². The maximum absolute atomic E-state index is 13.0. The van der Waals surface area contributed by atoms with Crippen LogP contribution in [0.4, 0.5) is 4.39 Å². The maximum atomic E-state index is 13.0. The van der Waals surface area contributed by atoms with Crippen molar-refractivity contribution in [1.82, 2.24) is 14.5 Å². The average molecular weight is 294 g/mol. The van der Waals surface area contributed by atoms with E-state index in [1.54, 1.807) is 6.20 Å². The molecule has 106 valence electrons.